The molecule has 2 nitrogen and oxygen atoms in total. The largest absolute Gasteiger partial charge is 0.416 e. The average molecular weight is 386 g/mol. The summed E-state index contributed by atoms with van der Waals surface area (Å²) in [4.78, 5) is 2.18. The topological polar surface area (TPSA) is 12.5 Å². The molecule has 1 aromatic carbocycles. The third-order valence-electron chi connectivity index (χ3n) is 5.05. The van der Waals surface area contributed by atoms with E-state index in [2.05, 4.69) is 18.0 Å². The van der Waals surface area contributed by atoms with E-state index in [-0.39, 0.29) is 18.2 Å². The monoisotopic (exact) mass is 385 g/mol. The summed E-state index contributed by atoms with van der Waals surface area (Å²) in [6, 6.07) is 6.88. The van der Waals surface area contributed by atoms with Gasteiger partial charge in [-0.05, 0) is 31.9 Å². The van der Waals surface area contributed by atoms with Crippen molar-refractivity contribution in [2.45, 2.75) is 63.7 Å². The van der Waals surface area contributed by atoms with E-state index in [9.17, 15) is 13.2 Å². The Morgan fingerprint density at radius 1 is 1.27 bits per heavy atom. The molecule has 26 heavy (non-hydrogen) atoms. The Balaban J connectivity index is 2.30. The van der Waals surface area contributed by atoms with Crippen molar-refractivity contribution in [2.75, 3.05) is 13.1 Å². The molecule has 0 N–H and O–H groups in total. The van der Waals surface area contributed by atoms with Crippen LogP contribution in [-0.4, -0.2) is 39.0 Å². The molecule has 1 heterocycles. The summed E-state index contributed by atoms with van der Waals surface area (Å²) < 4.78 is 46.5. The SMILES string of the molecule is C=C[SiH](C)CCCC(c1ccccc1C(F)(F)F)N1CC(C)OC(C)C1. The molecule has 0 aliphatic carbocycles. The van der Waals surface area contributed by atoms with Gasteiger partial charge in [-0.25, -0.2) is 0 Å². The number of nitrogens with zero attached hydrogens (tertiary/aromatic N) is 1. The molecular formula is C20H30F3NOSi. The van der Waals surface area contributed by atoms with Crippen molar-refractivity contribution < 1.29 is 17.9 Å². The predicted molar refractivity (Wildman–Crippen MR) is 103 cm³/mol. The summed E-state index contributed by atoms with van der Waals surface area (Å²) in [5.74, 6) is 0. The first-order chi connectivity index (χ1) is 12.2. The molecule has 0 spiro atoms. The second kappa shape index (κ2) is 9.20. The lowest BCUT2D eigenvalue weighted by atomic mass is 9.94. The number of benzene rings is 1. The lowest BCUT2D eigenvalue weighted by Gasteiger charge is -2.41. The van der Waals surface area contributed by atoms with Crippen LogP contribution in [0, 0.1) is 0 Å². The fraction of sp³-hybridized carbons (Fsp3) is 0.600. The van der Waals surface area contributed by atoms with Crippen molar-refractivity contribution in [1.82, 2.24) is 4.90 Å². The predicted octanol–water partition coefficient (Wildman–Crippen LogP) is 5.22. The summed E-state index contributed by atoms with van der Waals surface area (Å²) in [7, 11) is -0.949. The van der Waals surface area contributed by atoms with Crippen molar-refractivity contribution in [1.29, 1.82) is 0 Å². The highest BCUT2D eigenvalue weighted by Crippen LogP contribution is 2.39. The Hall–Kier alpha value is -1.11. The summed E-state index contributed by atoms with van der Waals surface area (Å²) >= 11 is 0. The van der Waals surface area contributed by atoms with Crippen LogP contribution in [0.4, 0.5) is 13.2 Å². The van der Waals surface area contributed by atoms with Crippen molar-refractivity contribution >= 4 is 8.80 Å². The molecule has 6 heteroatoms. The van der Waals surface area contributed by atoms with Gasteiger partial charge >= 0.3 is 6.18 Å². The molecule has 4 unspecified atom stereocenters. The quantitative estimate of drug-likeness (QED) is 0.597. The molecule has 0 amide bonds. The minimum Gasteiger partial charge on any atom is -0.373 e. The molecule has 1 aliphatic rings. The molecule has 0 aromatic heterocycles. The van der Waals surface area contributed by atoms with Crippen molar-refractivity contribution in [3.8, 4) is 0 Å². The Kier molecular flexibility index (Phi) is 7.49. The van der Waals surface area contributed by atoms with E-state index < -0.39 is 20.5 Å². The molecule has 0 radical (unpaired) electrons. The number of rotatable bonds is 7. The first kappa shape index (κ1) is 21.2. The summed E-state index contributed by atoms with van der Waals surface area (Å²) in [6.07, 6.45) is -2.61. The Morgan fingerprint density at radius 2 is 1.88 bits per heavy atom. The van der Waals surface area contributed by atoms with Crippen LogP contribution in [-0.2, 0) is 10.9 Å². The molecule has 1 aromatic rings. The lowest BCUT2D eigenvalue weighted by molar-refractivity contribution is -0.139. The summed E-state index contributed by atoms with van der Waals surface area (Å²) in [6.45, 7) is 11.4. The Morgan fingerprint density at radius 3 is 2.46 bits per heavy atom. The maximum absolute atomic E-state index is 13.6. The normalized spacial score (nSPS) is 24.2. The first-order valence-corrected chi connectivity index (χ1v) is 12.0. The zero-order valence-electron chi connectivity index (χ0n) is 15.9. The van der Waals surface area contributed by atoms with Gasteiger partial charge < -0.3 is 4.74 Å². The van der Waals surface area contributed by atoms with E-state index in [1.54, 1.807) is 12.1 Å². The number of halogens is 3. The fourth-order valence-corrected chi connectivity index (χ4v) is 4.92. The zero-order chi connectivity index (χ0) is 19.3. The van der Waals surface area contributed by atoms with Crippen LogP contribution in [0.3, 0.4) is 0 Å². The van der Waals surface area contributed by atoms with Crippen LogP contribution in [0.15, 0.2) is 36.5 Å². The molecule has 2 rings (SSSR count). The van der Waals surface area contributed by atoms with Crippen LogP contribution in [0.1, 0.15) is 43.9 Å². The van der Waals surface area contributed by atoms with Crippen molar-refractivity contribution in [3.63, 3.8) is 0 Å². The molecule has 1 aliphatic heterocycles. The lowest BCUT2D eigenvalue weighted by Crippen LogP contribution is -2.47. The second-order valence-corrected chi connectivity index (χ2v) is 10.5. The van der Waals surface area contributed by atoms with E-state index in [1.807, 2.05) is 19.5 Å². The van der Waals surface area contributed by atoms with Gasteiger partial charge in [0, 0.05) is 19.1 Å². The summed E-state index contributed by atoms with van der Waals surface area (Å²) in [5.41, 5.74) is 1.93. The van der Waals surface area contributed by atoms with Crippen LogP contribution in [0.5, 0.6) is 0 Å². The van der Waals surface area contributed by atoms with E-state index in [1.165, 1.54) is 12.1 Å². The molecule has 146 valence electrons. The molecule has 1 fully saturated rings. The molecule has 4 atom stereocenters. The van der Waals surface area contributed by atoms with Crippen LogP contribution in [0.2, 0.25) is 12.6 Å². The maximum atomic E-state index is 13.6. The minimum absolute atomic E-state index is 0.0285. The fourth-order valence-electron chi connectivity index (χ4n) is 3.80. The van der Waals surface area contributed by atoms with Gasteiger partial charge in [-0.15, -0.1) is 12.3 Å². The number of morpholine rings is 1. The van der Waals surface area contributed by atoms with E-state index >= 15 is 0 Å². The van der Waals surface area contributed by atoms with Crippen LogP contribution >= 0.6 is 0 Å². The van der Waals surface area contributed by atoms with Crippen LogP contribution in [0.25, 0.3) is 0 Å². The number of hydrogen-bond acceptors (Lipinski definition) is 2. The second-order valence-electron chi connectivity index (χ2n) is 7.46. The van der Waals surface area contributed by atoms with Gasteiger partial charge in [0.05, 0.1) is 26.6 Å². The molecular weight excluding hydrogens is 355 g/mol. The molecule has 1 saturated heterocycles. The van der Waals surface area contributed by atoms with E-state index in [4.69, 9.17) is 4.74 Å². The van der Waals surface area contributed by atoms with Gasteiger partial charge in [-0.1, -0.05) is 37.2 Å². The van der Waals surface area contributed by atoms with Gasteiger partial charge in [-0.3, -0.25) is 4.90 Å². The first-order valence-electron chi connectivity index (χ1n) is 9.40. The van der Waals surface area contributed by atoms with E-state index in [0.717, 1.165) is 18.9 Å². The smallest absolute Gasteiger partial charge is 0.373 e. The number of ether oxygens (including phenoxy) is 1. The van der Waals surface area contributed by atoms with Gasteiger partial charge in [0.2, 0.25) is 0 Å². The number of hydrogen-bond donors (Lipinski definition) is 0. The zero-order valence-corrected chi connectivity index (χ0v) is 17.1. The Labute approximate surface area is 156 Å². The van der Waals surface area contributed by atoms with Crippen molar-refractivity contribution in [3.05, 3.63) is 47.7 Å². The van der Waals surface area contributed by atoms with E-state index in [0.29, 0.717) is 18.7 Å². The van der Waals surface area contributed by atoms with Crippen molar-refractivity contribution in [2.24, 2.45) is 0 Å². The average Bonchev–Trinajstić information content (AvgIpc) is 2.56. The van der Waals surface area contributed by atoms with Gasteiger partial charge in [0.25, 0.3) is 0 Å². The highest BCUT2D eigenvalue weighted by atomic mass is 28.3. The summed E-state index contributed by atoms with van der Waals surface area (Å²) in [5, 5.41) is 0. The van der Waals surface area contributed by atoms with Gasteiger partial charge in [-0.2, -0.15) is 13.2 Å². The third kappa shape index (κ3) is 5.69. The molecule has 0 saturated carbocycles. The number of alkyl halides is 3. The highest BCUT2D eigenvalue weighted by molar-refractivity contribution is 6.62. The highest BCUT2D eigenvalue weighted by Gasteiger charge is 2.37. The van der Waals surface area contributed by atoms with Gasteiger partial charge in [0.15, 0.2) is 0 Å². The van der Waals surface area contributed by atoms with Gasteiger partial charge in [0.1, 0.15) is 0 Å². The molecule has 0 bridgehead atoms. The standard InChI is InChI=1S/C20H30F3NOSi/c1-5-26(4)12-8-11-19(24-13-15(2)25-16(3)14-24)17-9-6-7-10-18(17)20(21,22)23/h5-7,9-10,15-16,19,26H,1,8,11-14H2,2-4H3. The minimum atomic E-state index is -4.33. The maximum Gasteiger partial charge on any atom is 0.416 e. The Bertz CT molecular complexity index is 583. The van der Waals surface area contributed by atoms with Crippen LogP contribution < -0.4 is 0 Å². The third-order valence-corrected chi connectivity index (χ3v) is 7.18.